The molecule has 0 unspecified atom stereocenters. The molecular formula is C19H17F3N4O4. The first kappa shape index (κ1) is 21.1. The van der Waals surface area contributed by atoms with Gasteiger partial charge in [0.05, 0.1) is 18.1 Å². The van der Waals surface area contributed by atoms with Crippen molar-refractivity contribution in [2.24, 2.45) is 0 Å². The van der Waals surface area contributed by atoms with Gasteiger partial charge in [-0.2, -0.15) is 18.3 Å². The number of benzene rings is 1. The number of pyridine rings is 1. The van der Waals surface area contributed by atoms with Crippen molar-refractivity contribution in [1.82, 2.24) is 14.8 Å². The van der Waals surface area contributed by atoms with Crippen LogP contribution in [0.3, 0.4) is 0 Å². The monoisotopic (exact) mass is 422 g/mol. The van der Waals surface area contributed by atoms with Crippen LogP contribution in [0.4, 0.5) is 23.8 Å². The standard InChI is InChI=1S/C19H17F3N4O4/c1-18(2,3)30-17(29)25-15-11-7-5-4-6-10(11)13(9-23-15)26-14(19(20,21)22)12(8-24-26)16(27)28/h4-9H,1-3H3,(H,27,28)(H,23,25,29). The topological polar surface area (TPSA) is 106 Å². The molecule has 0 bridgehead atoms. The predicted octanol–water partition coefficient (Wildman–Crippen LogP) is 4.48. The van der Waals surface area contributed by atoms with Crippen LogP contribution in [0.25, 0.3) is 16.5 Å². The molecule has 158 valence electrons. The SMILES string of the molecule is CC(C)(C)OC(=O)Nc1ncc(-n2ncc(C(=O)O)c2C(F)(F)F)c2ccccc12. The summed E-state index contributed by atoms with van der Waals surface area (Å²) >= 11 is 0. The highest BCUT2D eigenvalue weighted by Crippen LogP contribution is 2.36. The van der Waals surface area contributed by atoms with E-state index in [9.17, 15) is 22.8 Å². The second-order valence-corrected chi connectivity index (χ2v) is 7.29. The molecule has 11 heteroatoms. The second-order valence-electron chi connectivity index (χ2n) is 7.29. The van der Waals surface area contributed by atoms with Crippen molar-refractivity contribution in [2.45, 2.75) is 32.5 Å². The molecule has 0 aliphatic heterocycles. The van der Waals surface area contributed by atoms with Crippen molar-refractivity contribution in [1.29, 1.82) is 0 Å². The molecule has 0 radical (unpaired) electrons. The minimum Gasteiger partial charge on any atom is -0.478 e. The van der Waals surface area contributed by atoms with E-state index in [1.165, 1.54) is 6.07 Å². The number of halogens is 3. The Balaban J connectivity index is 2.15. The molecule has 0 saturated carbocycles. The number of nitrogens with one attached hydrogen (secondary N) is 1. The van der Waals surface area contributed by atoms with Crippen LogP contribution in [0, 0.1) is 0 Å². The van der Waals surface area contributed by atoms with Crippen LogP contribution in [0.2, 0.25) is 0 Å². The Hall–Kier alpha value is -3.63. The van der Waals surface area contributed by atoms with Crippen LogP contribution in [-0.2, 0) is 10.9 Å². The Morgan fingerprint density at radius 3 is 2.30 bits per heavy atom. The Kier molecular flexibility index (Phi) is 5.15. The van der Waals surface area contributed by atoms with Crippen molar-refractivity contribution in [3.63, 3.8) is 0 Å². The number of rotatable bonds is 3. The summed E-state index contributed by atoms with van der Waals surface area (Å²) in [6.45, 7) is 5.03. The zero-order chi connectivity index (χ0) is 22.3. The Labute approximate surface area is 168 Å². The molecule has 2 N–H and O–H groups in total. The van der Waals surface area contributed by atoms with Crippen LogP contribution in [0.15, 0.2) is 36.7 Å². The Morgan fingerprint density at radius 1 is 1.10 bits per heavy atom. The molecule has 8 nitrogen and oxygen atoms in total. The molecule has 0 aliphatic carbocycles. The van der Waals surface area contributed by atoms with Gasteiger partial charge in [0, 0.05) is 10.8 Å². The maximum absolute atomic E-state index is 13.6. The third kappa shape index (κ3) is 4.19. The first-order valence-corrected chi connectivity index (χ1v) is 8.65. The van der Waals surface area contributed by atoms with Gasteiger partial charge in [0.2, 0.25) is 0 Å². The first-order chi connectivity index (χ1) is 13.9. The summed E-state index contributed by atoms with van der Waals surface area (Å²) in [4.78, 5) is 27.4. The molecule has 2 aromatic heterocycles. The lowest BCUT2D eigenvalue weighted by molar-refractivity contribution is -0.143. The lowest BCUT2D eigenvalue weighted by Crippen LogP contribution is -2.27. The third-order valence-corrected chi connectivity index (χ3v) is 3.89. The zero-order valence-electron chi connectivity index (χ0n) is 16.1. The molecule has 30 heavy (non-hydrogen) atoms. The quantitative estimate of drug-likeness (QED) is 0.644. The van der Waals surface area contributed by atoms with Crippen molar-refractivity contribution < 1.29 is 32.6 Å². The van der Waals surface area contributed by atoms with E-state index in [1.54, 1.807) is 39.0 Å². The smallest absolute Gasteiger partial charge is 0.434 e. The number of carbonyl (C=O) groups is 2. The van der Waals surface area contributed by atoms with E-state index < -0.39 is 35.1 Å². The summed E-state index contributed by atoms with van der Waals surface area (Å²) < 4.78 is 46.4. The van der Waals surface area contributed by atoms with Crippen LogP contribution >= 0.6 is 0 Å². The molecule has 0 saturated heterocycles. The van der Waals surface area contributed by atoms with Gasteiger partial charge in [-0.25, -0.2) is 19.3 Å². The van der Waals surface area contributed by atoms with Gasteiger partial charge >= 0.3 is 18.2 Å². The number of hydrogen-bond acceptors (Lipinski definition) is 5. The largest absolute Gasteiger partial charge is 0.478 e. The summed E-state index contributed by atoms with van der Waals surface area (Å²) in [5, 5.41) is 15.8. The van der Waals surface area contributed by atoms with Crippen LogP contribution in [0.1, 0.15) is 36.8 Å². The average Bonchev–Trinajstić information content (AvgIpc) is 3.06. The molecule has 0 fully saturated rings. The first-order valence-electron chi connectivity index (χ1n) is 8.65. The number of carboxylic acids is 1. The second kappa shape index (κ2) is 7.32. The number of aromatic nitrogens is 3. The fourth-order valence-corrected chi connectivity index (χ4v) is 2.81. The number of carbonyl (C=O) groups excluding carboxylic acids is 1. The summed E-state index contributed by atoms with van der Waals surface area (Å²) in [7, 11) is 0. The van der Waals surface area contributed by atoms with E-state index >= 15 is 0 Å². The molecule has 0 atom stereocenters. The molecule has 3 aromatic rings. The molecule has 1 amide bonds. The Bertz CT molecular complexity index is 1130. The van der Waals surface area contributed by atoms with Crippen LogP contribution in [-0.4, -0.2) is 37.5 Å². The Morgan fingerprint density at radius 2 is 1.73 bits per heavy atom. The van der Waals surface area contributed by atoms with Gasteiger partial charge in [0.1, 0.15) is 17.0 Å². The highest BCUT2D eigenvalue weighted by molar-refractivity contribution is 6.01. The van der Waals surface area contributed by atoms with E-state index in [4.69, 9.17) is 9.84 Å². The average molecular weight is 422 g/mol. The van der Waals surface area contributed by atoms with Gasteiger partial charge < -0.3 is 9.84 Å². The summed E-state index contributed by atoms with van der Waals surface area (Å²) in [6, 6.07) is 6.25. The van der Waals surface area contributed by atoms with Crippen LogP contribution in [0.5, 0.6) is 0 Å². The van der Waals surface area contributed by atoms with Gasteiger partial charge in [-0.1, -0.05) is 24.3 Å². The molecule has 1 aromatic carbocycles. The van der Waals surface area contributed by atoms with Gasteiger partial charge in [-0.05, 0) is 20.8 Å². The maximum atomic E-state index is 13.6. The van der Waals surface area contributed by atoms with Gasteiger partial charge in [0.25, 0.3) is 0 Å². The van der Waals surface area contributed by atoms with Crippen molar-refractivity contribution in [3.8, 4) is 5.69 Å². The normalized spacial score (nSPS) is 12.1. The predicted molar refractivity (Wildman–Crippen MR) is 101 cm³/mol. The molecule has 2 heterocycles. The van der Waals surface area contributed by atoms with E-state index in [0.29, 0.717) is 16.3 Å². The molecular weight excluding hydrogens is 405 g/mol. The minimum atomic E-state index is -4.97. The number of ether oxygens (including phenoxy) is 1. The number of anilines is 1. The number of alkyl halides is 3. The summed E-state index contributed by atoms with van der Waals surface area (Å²) in [6.07, 6.45) is -4.05. The van der Waals surface area contributed by atoms with E-state index in [1.807, 2.05) is 0 Å². The minimum absolute atomic E-state index is 0.0720. The molecule has 0 aliphatic rings. The number of hydrogen-bond donors (Lipinski definition) is 2. The highest BCUT2D eigenvalue weighted by atomic mass is 19.4. The fraction of sp³-hybridized carbons (Fsp3) is 0.263. The van der Waals surface area contributed by atoms with Gasteiger partial charge in [0.15, 0.2) is 5.69 Å². The third-order valence-electron chi connectivity index (χ3n) is 3.89. The van der Waals surface area contributed by atoms with E-state index in [0.717, 1.165) is 6.20 Å². The van der Waals surface area contributed by atoms with Crippen molar-refractivity contribution >= 4 is 28.7 Å². The lowest BCUT2D eigenvalue weighted by atomic mass is 10.1. The van der Waals surface area contributed by atoms with Crippen LogP contribution < -0.4 is 5.32 Å². The van der Waals surface area contributed by atoms with Crippen molar-refractivity contribution in [2.75, 3.05) is 5.32 Å². The van der Waals surface area contributed by atoms with E-state index in [2.05, 4.69) is 15.4 Å². The van der Waals surface area contributed by atoms with Gasteiger partial charge in [-0.15, -0.1) is 0 Å². The number of nitrogens with zero attached hydrogens (tertiary/aromatic N) is 3. The highest BCUT2D eigenvalue weighted by Gasteiger charge is 2.41. The summed E-state index contributed by atoms with van der Waals surface area (Å²) in [5.41, 5.74) is -3.28. The molecule has 3 rings (SSSR count). The van der Waals surface area contributed by atoms with Crippen molar-refractivity contribution in [3.05, 3.63) is 47.9 Å². The van der Waals surface area contributed by atoms with E-state index in [-0.39, 0.29) is 16.9 Å². The maximum Gasteiger partial charge on any atom is 0.434 e. The zero-order valence-corrected chi connectivity index (χ0v) is 16.1. The number of carboxylic acid groups (broad SMARTS) is 1. The lowest BCUT2D eigenvalue weighted by Gasteiger charge is -2.20. The fourth-order valence-electron chi connectivity index (χ4n) is 2.81. The number of aromatic carboxylic acids is 1. The number of amides is 1. The number of fused-ring (bicyclic) bond motifs is 1. The molecule has 0 spiro atoms. The van der Waals surface area contributed by atoms with Gasteiger partial charge in [-0.3, -0.25) is 5.32 Å². The summed E-state index contributed by atoms with van der Waals surface area (Å²) in [5.74, 6) is -1.68.